The number of aromatic hydroxyl groups is 1. The Bertz CT molecular complexity index is 1260. The zero-order chi connectivity index (χ0) is 29.8. The summed E-state index contributed by atoms with van der Waals surface area (Å²) in [6, 6.07) is 22.0. The SMILES string of the molecule is CC.CC/C=C/N1CCC2(CC1)C(=O)N(c1ccccc1SC)C2c1ccc(O)cc1.CNCc1ccc(F)cc1. The number of nitrogens with one attached hydrogen (secondary N) is 1. The van der Waals surface area contributed by atoms with Gasteiger partial charge in [-0.1, -0.05) is 63.2 Å². The number of rotatable bonds is 7. The zero-order valence-electron chi connectivity index (χ0n) is 24.9. The largest absolute Gasteiger partial charge is 0.508 e. The number of hydrogen-bond donors (Lipinski definition) is 2. The molecule has 220 valence electrons. The number of piperidine rings is 1. The maximum absolute atomic E-state index is 13.6. The third-order valence-corrected chi connectivity index (χ3v) is 8.30. The summed E-state index contributed by atoms with van der Waals surface area (Å²) in [4.78, 5) is 19.0. The van der Waals surface area contributed by atoms with Gasteiger partial charge in [0.2, 0.25) is 5.91 Å². The van der Waals surface area contributed by atoms with E-state index in [-0.39, 0.29) is 28.9 Å². The molecule has 0 aromatic heterocycles. The third kappa shape index (κ3) is 7.52. The van der Waals surface area contributed by atoms with Crippen molar-refractivity contribution in [1.82, 2.24) is 10.2 Å². The van der Waals surface area contributed by atoms with Crippen LogP contribution in [0.3, 0.4) is 0 Å². The van der Waals surface area contributed by atoms with Crippen molar-refractivity contribution in [2.24, 2.45) is 5.41 Å². The van der Waals surface area contributed by atoms with Crippen LogP contribution in [0.15, 0.2) is 90.0 Å². The van der Waals surface area contributed by atoms with E-state index in [1.807, 2.05) is 62.4 Å². The molecule has 7 heteroatoms. The molecule has 2 N–H and O–H groups in total. The molecular formula is C34H44FN3O2S. The van der Waals surface area contributed by atoms with Crippen LogP contribution in [0.25, 0.3) is 0 Å². The van der Waals surface area contributed by atoms with Crippen molar-refractivity contribution >= 4 is 23.4 Å². The van der Waals surface area contributed by atoms with Crippen molar-refractivity contribution in [2.45, 2.75) is 57.5 Å². The Labute approximate surface area is 249 Å². The number of thioether (sulfide) groups is 1. The molecule has 2 saturated heterocycles. The topological polar surface area (TPSA) is 55.8 Å². The number of para-hydroxylation sites is 1. The summed E-state index contributed by atoms with van der Waals surface area (Å²) in [5.41, 5.74) is 2.82. The molecule has 0 saturated carbocycles. The average molecular weight is 578 g/mol. The molecular weight excluding hydrogens is 533 g/mol. The first-order chi connectivity index (χ1) is 19.9. The van der Waals surface area contributed by atoms with Crippen molar-refractivity contribution in [3.05, 3.63) is 102 Å². The van der Waals surface area contributed by atoms with Gasteiger partial charge >= 0.3 is 0 Å². The number of benzene rings is 3. The molecule has 2 aliphatic rings. The maximum atomic E-state index is 13.6. The van der Waals surface area contributed by atoms with Crippen LogP contribution in [-0.2, 0) is 11.3 Å². The molecule has 0 radical (unpaired) electrons. The maximum Gasteiger partial charge on any atom is 0.236 e. The molecule has 5 rings (SSSR count). The second-order valence-electron chi connectivity index (χ2n) is 9.98. The minimum absolute atomic E-state index is 0.00112. The highest BCUT2D eigenvalue weighted by molar-refractivity contribution is 7.98. The summed E-state index contributed by atoms with van der Waals surface area (Å²) in [7, 11) is 1.86. The molecule has 3 aromatic carbocycles. The van der Waals surface area contributed by atoms with Gasteiger partial charge in [-0.15, -0.1) is 11.8 Å². The number of carbonyl (C=O) groups is 1. The highest BCUT2D eigenvalue weighted by atomic mass is 32.2. The van der Waals surface area contributed by atoms with Crippen LogP contribution in [0.2, 0.25) is 0 Å². The molecule has 1 unspecified atom stereocenters. The first-order valence-electron chi connectivity index (χ1n) is 14.5. The van der Waals surface area contributed by atoms with E-state index in [0.29, 0.717) is 0 Å². The van der Waals surface area contributed by atoms with E-state index in [2.05, 4.69) is 35.5 Å². The molecule has 41 heavy (non-hydrogen) atoms. The summed E-state index contributed by atoms with van der Waals surface area (Å²) >= 11 is 1.67. The van der Waals surface area contributed by atoms with E-state index in [1.165, 1.54) is 12.1 Å². The van der Waals surface area contributed by atoms with Crippen LogP contribution < -0.4 is 10.2 Å². The van der Waals surface area contributed by atoms with Crippen LogP contribution in [-0.4, -0.2) is 42.3 Å². The highest BCUT2D eigenvalue weighted by Gasteiger charge is 2.62. The first kappa shape index (κ1) is 32.2. The lowest BCUT2D eigenvalue weighted by Crippen LogP contribution is -2.66. The second-order valence-corrected chi connectivity index (χ2v) is 10.8. The number of likely N-dealkylation sites (tertiary alicyclic amines) is 1. The predicted molar refractivity (Wildman–Crippen MR) is 170 cm³/mol. The number of anilines is 1. The van der Waals surface area contributed by atoms with Crippen molar-refractivity contribution < 1.29 is 14.3 Å². The van der Waals surface area contributed by atoms with Gasteiger partial charge < -0.3 is 20.2 Å². The lowest BCUT2D eigenvalue weighted by Gasteiger charge is -2.59. The fourth-order valence-corrected chi connectivity index (χ4v) is 6.07. The van der Waals surface area contributed by atoms with Gasteiger partial charge in [0.05, 0.1) is 17.1 Å². The van der Waals surface area contributed by atoms with Crippen LogP contribution in [0, 0.1) is 11.2 Å². The molecule has 5 nitrogen and oxygen atoms in total. The van der Waals surface area contributed by atoms with Crippen LogP contribution >= 0.6 is 11.8 Å². The molecule has 0 bridgehead atoms. The van der Waals surface area contributed by atoms with Crippen molar-refractivity contribution in [1.29, 1.82) is 0 Å². The van der Waals surface area contributed by atoms with Gasteiger partial charge in [-0.25, -0.2) is 4.39 Å². The van der Waals surface area contributed by atoms with E-state index >= 15 is 0 Å². The highest BCUT2D eigenvalue weighted by Crippen LogP contribution is 2.58. The molecule has 0 aliphatic carbocycles. The van der Waals surface area contributed by atoms with Gasteiger partial charge in [0, 0.05) is 24.5 Å². The molecule has 1 spiro atoms. The number of phenolic OH excluding ortho intramolecular Hbond substituents is 1. The molecule has 1 amide bonds. The van der Waals surface area contributed by atoms with Gasteiger partial charge in [-0.05, 0) is 86.3 Å². The number of β-lactam (4-membered cyclic amide) rings is 1. The molecule has 3 aromatic rings. The standard InChI is InChI=1S/C24H28N2O2S.C8H10FN.C2H6/c1-3-4-15-25-16-13-24(14-17-25)22(18-9-11-19(27)12-10-18)26(23(24)28)20-7-5-6-8-21(20)29-2;1-10-6-7-2-4-8(9)5-3-7;1-2/h4-12,15,22,27H,3,13-14,16-17H2,1-2H3;2-5,10H,6H2,1H3;1-2H3/b15-4+;;. The Hall–Kier alpha value is -3.29. The molecule has 2 fully saturated rings. The van der Waals surface area contributed by atoms with E-state index in [9.17, 15) is 14.3 Å². The van der Waals surface area contributed by atoms with Crippen LogP contribution in [0.1, 0.15) is 57.2 Å². The van der Waals surface area contributed by atoms with E-state index in [0.717, 1.165) is 60.6 Å². The van der Waals surface area contributed by atoms with E-state index in [4.69, 9.17) is 0 Å². The Balaban J connectivity index is 0.000000324. The molecule has 2 heterocycles. The van der Waals surface area contributed by atoms with Crippen molar-refractivity contribution in [2.75, 3.05) is 31.3 Å². The van der Waals surface area contributed by atoms with Crippen molar-refractivity contribution in [3.63, 3.8) is 0 Å². The van der Waals surface area contributed by atoms with Gasteiger partial charge in [-0.3, -0.25) is 4.79 Å². The van der Waals surface area contributed by atoms with E-state index in [1.54, 1.807) is 36.0 Å². The summed E-state index contributed by atoms with van der Waals surface area (Å²) in [5.74, 6) is 0.306. The van der Waals surface area contributed by atoms with Crippen molar-refractivity contribution in [3.8, 4) is 5.75 Å². The number of amides is 1. The Morgan fingerprint density at radius 2 is 1.66 bits per heavy atom. The van der Waals surface area contributed by atoms with Crippen LogP contribution in [0.4, 0.5) is 10.1 Å². The first-order valence-corrected chi connectivity index (χ1v) is 15.7. The fourth-order valence-electron chi connectivity index (χ4n) is 5.48. The Morgan fingerprint density at radius 3 is 2.24 bits per heavy atom. The number of allylic oxidation sites excluding steroid dienone is 1. The molecule has 1 atom stereocenters. The van der Waals surface area contributed by atoms with E-state index < -0.39 is 0 Å². The smallest absolute Gasteiger partial charge is 0.236 e. The van der Waals surface area contributed by atoms with Gasteiger partial charge in [0.1, 0.15) is 11.6 Å². The summed E-state index contributed by atoms with van der Waals surface area (Å²) in [6.07, 6.45) is 9.13. The third-order valence-electron chi connectivity index (χ3n) is 7.52. The minimum atomic E-state index is -0.362. The summed E-state index contributed by atoms with van der Waals surface area (Å²) in [6.45, 7) is 8.73. The monoisotopic (exact) mass is 577 g/mol. The number of nitrogens with zero attached hydrogens (tertiary/aromatic N) is 2. The predicted octanol–water partition coefficient (Wildman–Crippen LogP) is 7.78. The van der Waals surface area contributed by atoms with Crippen LogP contribution in [0.5, 0.6) is 5.75 Å². The zero-order valence-corrected chi connectivity index (χ0v) is 25.8. The summed E-state index contributed by atoms with van der Waals surface area (Å²) in [5, 5.41) is 12.7. The number of hydrogen-bond acceptors (Lipinski definition) is 5. The lowest BCUT2D eigenvalue weighted by atomic mass is 9.62. The van der Waals surface area contributed by atoms with Gasteiger partial charge in [0.25, 0.3) is 0 Å². The van der Waals surface area contributed by atoms with Gasteiger partial charge in [0.15, 0.2) is 0 Å². The normalized spacial score (nSPS) is 17.4. The number of halogens is 1. The summed E-state index contributed by atoms with van der Waals surface area (Å²) < 4.78 is 12.3. The Morgan fingerprint density at radius 1 is 1.02 bits per heavy atom. The quantitative estimate of drug-likeness (QED) is 0.222. The molecule has 2 aliphatic heterocycles. The minimum Gasteiger partial charge on any atom is -0.508 e. The van der Waals surface area contributed by atoms with Gasteiger partial charge in [-0.2, -0.15) is 0 Å². The lowest BCUT2D eigenvalue weighted by molar-refractivity contribution is -0.144. The second kappa shape index (κ2) is 15.6. The Kier molecular flexibility index (Phi) is 12.3. The fraction of sp³-hybridized carbons (Fsp3) is 0.382. The number of carbonyl (C=O) groups excluding carboxylic acids is 1. The number of phenols is 1. The average Bonchev–Trinajstić information content (AvgIpc) is 3.02.